The summed E-state index contributed by atoms with van der Waals surface area (Å²) < 4.78 is 1.56. The summed E-state index contributed by atoms with van der Waals surface area (Å²) in [5, 5.41) is 0. The van der Waals surface area contributed by atoms with Gasteiger partial charge in [-0.2, -0.15) is 0 Å². The molecule has 0 aliphatic heterocycles. The van der Waals surface area contributed by atoms with E-state index in [1.807, 2.05) is 0 Å². The fourth-order valence-corrected chi connectivity index (χ4v) is 8.48. The predicted molar refractivity (Wildman–Crippen MR) is 69.4 cm³/mol. The molecular formula is C14H21ClHg. The van der Waals surface area contributed by atoms with E-state index >= 15 is 0 Å². The van der Waals surface area contributed by atoms with Crippen molar-refractivity contribution in [3.8, 4) is 0 Å². The summed E-state index contributed by atoms with van der Waals surface area (Å²) in [4.78, 5) is 0. The fraction of sp³-hybridized carbons (Fsp3) is 0.571. The van der Waals surface area contributed by atoms with E-state index in [4.69, 9.17) is 8.25 Å². The number of rotatable bonds is 5. The zero-order valence-corrected chi connectivity index (χ0v) is 17.2. The molecule has 0 unspecified atom stereocenters. The summed E-state index contributed by atoms with van der Waals surface area (Å²) in [6.45, 7) is 9.08. The van der Waals surface area contributed by atoms with Gasteiger partial charge in [-0.1, -0.05) is 0 Å². The van der Waals surface area contributed by atoms with Crippen LogP contribution in [0.15, 0.2) is 6.07 Å². The molecule has 0 aromatic heterocycles. The van der Waals surface area contributed by atoms with Crippen LogP contribution in [-0.4, -0.2) is 0 Å². The molecular weight excluding hydrogens is 404 g/mol. The number of hydrogen-bond donors (Lipinski definition) is 0. The number of halogens is 1. The Morgan fingerprint density at radius 3 is 1.81 bits per heavy atom. The van der Waals surface area contributed by atoms with Crippen molar-refractivity contribution >= 4 is 11.3 Å². The molecule has 0 saturated heterocycles. The van der Waals surface area contributed by atoms with Crippen LogP contribution in [0.4, 0.5) is 0 Å². The summed E-state index contributed by atoms with van der Waals surface area (Å²) >= 11 is -1.29. The first-order chi connectivity index (χ1) is 7.73. The van der Waals surface area contributed by atoms with E-state index < -0.39 is 23.3 Å². The fourth-order valence-electron chi connectivity index (χ4n) is 2.70. The molecule has 0 radical (unpaired) electrons. The molecule has 0 amide bonds. The molecule has 0 nitrogen and oxygen atoms in total. The van der Waals surface area contributed by atoms with Crippen molar-refractivity contribution in [3.05, 3.63) is 28.3 Å². The third-order valence-electron chi connectivity index (χ3n) is 3.44. The molecule has 0 fully saturated rings. The summed E-state index contributed by atoms with van der Waals surface area (Å²) in [6.07, 6.45) is 4.64. The number of aryl methyl sites for hydroxylation is 1. The summed E-state index contributed by atoms with van der Waals surface area (Å²) in [5.74, 6) is 0. The third kappa shape index (κ3) is 2.82. The zero-order valence-electron chi connectivity index (χ0n) is 11.0. The van der Waals surface area contributed by atoms with Crippen molar-refractivity contribution < 1.29 is 23.3 Å². The second kappa shape index (κ2) is 7.01. The van der Waals surface area contributed by atoms with Gasteiger partial charge in [0.05, 0.1) is 0 Å². The van der Waals surface area contributed by atoms with Gasteiger partial charge < -0.3 is 0 Å². The average Bonchev–Trinajstić information content (AvgIpc) is 2.35. The van der Waals surface area contributed by atoms with Gasteiger partial charge in [0.2, 0.25) is 0 Å². The maximum absolute atomic E-state index is 6.29. The molecule has 0 aliphatic rings. The van der Waals surface area contributed by atoms with Gasteiger partial charge in [0.25, 0.3) is 0 Å². The Morgan fingerprint density at radius 1 is 0.875 bits per heavy atom. The van der Waals surface area contributed by atoms with Gasteiger partial charge in [-0.25, -0.2) is 0 Å². The van der Waals surface area contributed by atoms with Gasteiger partial charge in [-0.15, -0.1) is 0 Å². The molecule has 1 rings (SSSR count). The van der Waals surface area contributed by atoms with Crippen LogP contribution >= 0.6 is 8.25 Å². The van der Waals surface area contributed by atoms with Crippen LogP contribution < -0.4 is 3.07 Å². The predicted octanol–water partition coefficient (Wildman–Crippen LogP) is 3.80. The quantitative estimate of drug-likeness (QED) is 0.630. The van der Waals surface area contributed by atoms with Gasteiger partial charge in [0, 0.05) is 0 Å². The van der Waals surface area contributed by atoms with E-state index in [9.17, 15) is 0 Å². The number of benzene rings is 1. The van der Waals surface area contributed by atoms with E-state index in [1.54, 1.807) is 25.3 Å². The van der Waals surface area contributed by atoms with Crippen molar-refractivity contribution in [2.45, 2.75) is 53.4 Å². The Kier molecular flexibility index (Phi) is 6.35. The Balaban J connectivity index is 3.47. The maximum atomic E-state index is 6.29. The Morgan fingerprint density at radius 2 is 1.44 bits per heavy atom. The van der Waals surface area contributed by atoms with Crippen molar-refractivity contribution in [1.29, 1.82) is 0 Å². The Hall–Kier alpha value is 0.445. The van der Waals surface area contributed by atoms with Crippen LogP contribution in [0.25, 0.3) is 0 Å². The van der Waals surface area contributed by atoms with Crippen molar-refractivity contribution in [1.82, 2.24) is 0 Å². The van der Waals surface area contributed by atoms with Crippen LogP contribution in [0, 0.1) is 0 Å². The van der Waals surface area contributed by atoms with E-state index in [0.29, 0.717) is 0 Å². The normalized spacial score (nSPS) is 10.3. The topological polar surface area (TPSA) is 0 Å². The zero-order chi connectivity index (χ0) is 12.1. The van der Waals surface area contributed by atoms with Crippen LogP contribution in [-0.2, 0) is 49.0 Å². The van der Waals surface area contributed by atoms with Gasteiger partial charge in [0.1, 0.15) is 0 Å². The van der Waals surface area contributed by atoms with Crippen molar-refractivity contribution in [2.75, 3.05) is 0 Å². The van der Waals surface area contributed by atoms with Crippen LogP contribution in [0.2, 0.25) is 0 Å². The van der Waals surface area contributed by atoms with Crippen LogP contribution in [0.1, 0.15) is 49.9 Å². The molecule has 0 N–H and O–H groups in total. The molecule has 0 heterocycles. The van der Waals surface area contributed by atoms with Gasteiger partial charge in [0.15, 0.2) is 0 Å². The molecule has 0 aliphatic carbocycles. The monoisotopic (exact) mass is 426 g/mol. The van der Waals surface area contributed by atoms with E-state index in [2.05, 4.69) is 33.8 Å². The first-order valence-electron chi connectivity index (χ1n) is 6.44. The standard InChI is InChI=1S/C14H21.ClH.Hg/c1-5-11-9-10-12(6-2)14(8-4)13(11)7-3;;/h9H,5-8H2,1-4H3;1H;/q;;+1/p-1. The van der Waals surface area contributed by atoms with E-state index in [-0.39, 0.29) is 0 Å². The Labute approximate surface area is 116 Å². The molecule has 86 valence electrons. The summed E-state index contributed by atoms with van der Waals surface area (Å²) in [7, 11) is 6.29. The van der Waals surface area contributed by atoms with E-state index in [0.717, 1.165) is 19.3 Å². The van der Waals surface area contributed by atoms with Crippen molar-refractivity contribution in [2.24, 2.45) is 0 Å². The molecule has 0 atom stereocenters. The molecule has 1 aromatic rings. The molecule has 0 bridgehead atoms. The van der Waals surface area contributed by atoms with Gasteiger partial charge >= 0.3 is 116 Å². The summed E-state index contributed by atoms with van der Waals surface area (Å²) in [5.41, 5.74) is 6.35. The second-order valence-corrected chi connectivity index (χ2v) is 10.5. The van der Waals surface area contributed by atoms with Crippen LogP contribution in [0.3, 0.4) is 0 Å². The first kappa shape index (κ1) is 14.5. The molecule has 2 heteroatoms. The molecule has 1 aromatic carbocycles. The van der Waals surface area contributed by atoms with Gasteiger partial charge in [-0.3, -0.25) is 0 Å². The molecule has 16 heavy (non-hydrogen) atoms. The molecule has 0 spiro atoms. The van der Waals surface area contributed by atoms with Crippen LogP contribution in [0.5, 0.6) is 0 Å². The number of hydrogen-bond acceptors (Lipinski definition) is 0. The minimum atomic E-state index is -1.29. The van der Waals surface area contributed by atoms with E-state index in [1.165, 1.54) is 6.42 Å². The van der Waals surface area contributed by atoms with Crippen molar-refractivity contribution in [3.63, 3.8) is 0 Å². The minimum absolute atomic E-state index is 1.15. The average molecular weight is 425 g/mol. The first-order valence-corrected chi connectivity index (χ1v) is 16.0. The summed E-state index contributed by atoms with van der Waals surface area (Å²) in [6, 6.07) is 2.42. The third-order valence-corrected chi connectivity index (χ3v) is 9.54. The second-order valence-electron chi connectivity index (χ2n) is 4.18. The van der Waals surface area contributed by atoms with Gasteiger partial charge in [-0.05, 0) is 0 Å². The molecule has 0 saturated carbocycles. The Bertz CT molecular complexity index is 328. The SMILES string of the molecule is CCc1c[c]([Hg][Cl])c(CC)c(CC)c1CC.